The summed E-state index contributed by atoms with van der Waals surface area (Å²) in [4.78, 5) is 62.7. The number of ether oxygens (including phenoxy) is 1. The van der Waals surface area contributed by atoms with E-state index in [1.54, 1.807) is 44.2 Å². The quantitative estimate of drug-likeness (QED) is 0.0407. The molecule has 2 aromatic rings. The van der Waals surface area contributed by atoms with Crippen molar-refractivity contribution in [1.82, 2.24) is 25.3 Å². The summed E-state index contributed by atoms with van der Waals surface area (Å²) in [6, 6.07) is 12.0. The minimum absolute atomic E-state index is 0.0588. The number of anilines is 1. The van der Waals surface area contributed by atoms with Gasteiger partial charge in [0.2, 0.25) is 18.7 Å². The molecule has 0 radical (unpaired) electrons. The number of benzene rings is 2. The molecule has 3 fully saturated rings. The predicted octanol–water partition coefficient (Wildman–Crippen LogP) is 8.28. The van der Waals surface area contributed by atoms with Crippen LogP contribution in [0, 0.1) is 18.8 Å². The van der Waals surface area contributed by atoms with Crippen LogP contribution in [0.1, 0.15) is 116 Å². The first-order valence-corrected chi connectivity index (χ1v) is 26.2. The molecule has 16 heteroatoms. The highest BCUT2D eigenvalue weighted by Gasteiger charge is 2.35. The van der Waals surface area contributed by atoms with E-state index < -0.39 is 32.9 Å². The van der Waals surface area contributed by atoms with Crippen molar-refractivity contribution in [1.29, 1.82) is 0 Å². The number of hydrogen-bond donors (Lipinski definition) is 2. The van der Waals surface area contributed by atoms with E-state index in [4.69, 9.17) is 21.3 Å². The predicted molar refractivity (Wildman–Crippen MR) is 272 cm³/mol. The molecule has 0 aliphatic carbocycles. The average Bonchev–Trinajstić information content (AvgIpc) is 3.29. The zero-order valence-electron chi connectivity index (χ0n) is 41.6. The van der Waals surface area contributed by atoms with Crippen LogP contribution in [0.3, 0.4) is 0 Å². The van der Waals surface area contributed by atoms with E-state index in [1.165, 1.54) is 5.57 Å². The molecular formula is C52H74ClN7O7S. The fourth-order valence-corrected chi connectivity index (χ4v) is 10.8. The number of aryl methyl sites for hydroxylation is 1. The number of likely N-dealkylation sites (tertiary alicyclic amines) is 2. The second-order valence-electron chi connectivity index (χ2n) is 19.1. The van der Waals surface area contributed by atoms with Crippen molar-refractivity contribution in [2.24, 2.45) is 16.8 Å². The molecule has 1 unspecified atom stereocenters. The highest BCUT2D eigenvalue weighted by Crippen LogP contribution is 2.32. The number of nitrogens with one attached hydrogen (secondary N) is 2. The minimum Gasteiger partial charge on any atom is -0.493 e. The van der Waals surface area contributed by atoms with Crippen LogP contribution in [0.25, 0.3) is 0 Å². The standard InChI is InChI=1S/C52H74ClN7O7S/c1-10-14-48(51(63)54-33-61)60(34-62)52(64)44-29-43(18-17-38(44)8)59-31-41(32-59)30-57-23-21-42(22-24-57)58-25-19-40(20-26-58)27-37(7)28-47(39(9)67-35(3)4)56-50(45(53)11-2)55-46-15-12-13-16-49(46)68(65,66)36(5)6/h11-13,15-18,28-29,33-36,40-42,48H,10,14,19-27,30-32H2,1-9H3,(H,55,56)(H,54,61,63)/b37-28-,45-11+,47-39-. The molecule has 2 aromatic carbocycles. The maximum atomic E-state index is 13.6. The van der Waals surface area contributed by atoms with E-state index in [1.807, 2.05) is 59.7 Å². The summed E-state index contributed by atoms with van der Waals surface area (Å²) < 4.78 is 32.7. The van der Waals surface area contributed by atoms with Gasteiger partial charge in [0.15, 0.2) is 9.84 Å². The Labute approximate surface area is 410 Å². The number of amides is 4. The molecule has 0 spiro atoms. The third kappa shape index (κ3) is 14.1. The van der Waals surface area contributed by atoms with Gasteiger partial charge in [-0.15, -0.1) is 0 Å². The Morgan fingerprint density at radius 1 is 0.971 bits per heavy atom. The van der Waals surface area contributed by atoms with Crippen LogP contribution >= 0.6 is 11.6 Å². The van der Waals surface area contributed by atoms with Crippen molar-refractivity contribution in [3.8, 4) is 0 Å². The largest absolute Gasteiger partial charge is 0.493 e. The van der Waals surface area contributed by atoms with Crippen molar-refractivity contribution >= 4 is 63.3 Å². The molecule has 4 amide bonds. The number of rotatable bonds is 21. The van der Waals surface area contributed by atoms with E-state index in [-0.39, 0.29) is 23.8 Å². The zero-order valence-corrected chi connectivity index (χ0v) is 43.2. The number of hydrogen-bond acceptors (Lipinski definition) is 11. The van der Waals surface area contributed by atoms with Gasteiger partial charge in [-0.2, -0.15) is 0 Å². The minimum atomic E-state index is -3.60. The molecule has 68 heavy (non-hydrogen) atoms. The van der Waals surface area contributed by atoms with Crippen molar-refractivity contribution < 1.29 is 32.3 Å². The van der Waals surface area contributed by atoms with Crippen molar-refractivity contribution in [2.45, 2.75) is 136 Å². The van der Waals surface area contributed by atoms with Crippen LogP contribution in [0.5, 0.6) is 0 Å². The molecule has 0 aromatic heterocycles. The van der Waals surface area contributed by atoms with Crippen LogP contribution in [0.15, 0.2) is 86.6 Å². The molecule has 0 saturated carbocycles. The van der Waals surface area contributed by atoms with Crippen LogP contribution < -0.4 is 15.5 Å². The molecule has 3 aliphatic rings. The monoisotopic (exact) mass is 976 g/mol. The van der Waals surface area contributed by atoms with E-state index >= 15 is 0 Å². The van der Waals surface area contributed by atoms with E-state index in [9.17, 15) is 27.6 Å². The normalized spacial score (nSPS) is 18.5. The number of piperidine rings is 2. The van der Waals surface area contributed by atoms with Gasteiger partial charge in [-0.25, -0.2) is 13.4 Å². The molecule has 372 valence electrons. The number of halogens is 1. The highest BCUT2D eigenvalue weighted by molar-refractivity contribution is 7.92. The fraction of sp³-hybridized carbons (Fsp3) is 0.558. The number of aliphatic imine (C=N–C) groups is 1. The number of nitrogens with zero attached hydrogens (tertiary/aromatic N) is 5. The van der Waals surface area contributed by atoms with Gasteiger partial charge in [0.25, 0.3) is 5.91 Å². The van der Waals surface area contributed by atoms with Crippen LogP contribution in [-0.4, -0.2) is 123 Å². The second kappa shape index (κ2) is 25.2. The Morgan fingerprint density at radius 3 is 2.25 bits per heavy atom. The second-order valence-corrected chi connectivity index (χ2v) is 22.0. The Balaban J connectivity index is 1.13. The number of imide groups is 2. The lowest BCUT2D eigenvalue weighted by Crippen LogP contribution is -2.54. The van der Waals surface area contributed by atoms with Crippen LogP contribution in [0.4, 0.5) is 11.4 Å². The summed E-state index contributed by atoms with van der Waals surface area (Å²) in [5, 5.41) is 5.26. The first kappa shape index (κ1) is 54.1. The smallest absolute Gasteiger partial charge is 0.261 e. The topological polar surface area (TPSA) is 161 Å². The fourth-order valence-electron chi connectivity index (χ4n) is 9.49. The Kier molecular flexibility index (Phi) is 20.0. The van der Waals surface area contributed by atoms with Crippen molar-refractivity contribution in [3.05, 3.63) is 87.8 Å². The summed E-state index contributed by atoms with van der Waals surface area (Å²) in [5.74, 6) is 0.860. The highest BCUT2D eigenvalue weighted by atomic mass is 35.5. The van der Waals surface area contributed by atoms with Gasteiger partial charge >= 0.3 is 0 Å². The van der Waals surface area contributed by atoms with Gasteiger partial charge < -0.3 is 24.8 Å². The summed E-state index contributed by atoms with van der Waals surface area (Å²) in [6.45, 7) is 23.9. The molecule has 14 nitrogen and oxygen atoms in total. The van der Waals surface area contributed by atoms with Crippen LogP contribution in [0.2, 0.25) is 0 Å². The van der Waals surface area contributed by atoms with E-state index in [2.05, 4.69) is 38.3 Å². The maximum Gasteiger partial charge on any atom is 0.261 e. The molecule has 3 aliphatic heterocycles. The summed E-state index contributed by atoms with van der Waals surface area (Å²) in [5.41, 5.74) is 4.23. The molecule has 1 atom stereocenters. The first-order chi connectivity index (χ1) is 32.4. The summed E-state index contributed by atoms with van der Waals surface area (Å²) in [7, 11) is -3.60. The summed E-state index contributed by atoms with van der Waals surface area (Å²) in [6.07, 6.45) is 10.8. The SMILES string of the molecule is C/C=C(/Cl)C(=Nc1ccccc1S(=O)(=O)C(C)C)NC(/C=C(/C)CC1CCN(C2CCN(CC3CN(c4ccc(C)c(C(=O)N(C=O)C(CCC)C(=O)NC=O)c4)C3)CC2)CC1)=C(/C)OC(C)C. The average molecular weight is 977 g/mol. The number of amidine groups is 1. The Hall–Kier alpha value is -4.83. The zero-order chi connectivity index (χ0) is 49.7. The van der Waals surface area contributed by atoms with Gasteiger partial charge in [-0.3, -0.25) is 29.4 Å². The molecule has 3 saturated heterocycles. The number of carbonyl (C=O) groups is 4. The maximum absolute atomic E-state index is 13.6. The lowest BCUT2D eigenvalue weighted by atomic mass is 9.88. The summed E-state index contributed by atoms with van der Waals surface area (Å²) >= 11 is 6.75. The third-order valence-corrected chi connectivity index (χ3v) is 15.9. The first-order valence-electron chi connectivity index (χ1n) is 24.3. The number of para-hydroxylation sites is 1. The van der Waals surface area contributed by atoms with Crippen LogP contribution in [-0.2, 0) is 29.0 Å². The molecule has 2 N–H and O–H groups in total. The molecule has 0 bridgehead atoms. The molecule has 3 heterocycles. The van der Waals surface area contributed by atoms with Gasteiger partial charge in [0, 0.05) is 42.8 Å². The number of allylic oxidation sites excluding steroid dienone is 4. The van der Waals surface area contributed by atoms with Crippen molar-refractivity contribution in [2.75, 3.05) is 50.7 Å². The lowest BCUT2D eigenvalue weighted by Gasteiger charge is -2.46. The van der Waals surface area contributed by atoms with Gasteiger partial charge in [0.05, 0.1) is 32.7 Å². The molecular weight excluding hydrogens is 902 g/mol. The molecule has 5 rings (SSSR count). The van der Waals surface area contributed by atoms with Crippen molar-refractivity contribution in [3.63, 3.8) is 0 Å². The number of sulfone groups is 1. The van der Waals surface area contributed by atoms with E-state index in [0.29, 0.717) is 64.1 Å². The Morgan fingerprint density at radius 2 is 1.65 bits per heavy atom. The lowest BCUT2D eigenvalue weighted by molar-refractivity contribution is -0.133. The van der Waals surface area contributed by atoms with Gasteiger partial charge in [0.1, 0.15) is 17.6 Å². The Bertz CT molecular complexity index is 2320. The van der Waals surface area contributed by atoms with Gasteiger partial charge in [-0.1, -0.05) is 54.8 Å². The third-order valence-electron chi connectivity index (χ3n) is 13.3. The van der Waals surface area contributed by atoms with Gasteiger partial charge in [-0.05, 0) is 162 Å². The number of carbonyl (C=O) groups excluding carboxylic acids is 4. The van der Waals surface area contributed by atoms with E-state index in [0.717, 1.165) is 94.2 Å².